The van der Waals surface area contributed by atoms with E-state index in [9.17, 15) is 14.4 Å². The van der Waals surface area contributed by atoms with Gasteiger partial charge in [-0.1, -0.05) is 6.07 Å². The lowest BCUT2D eigenvalue weighted by Gasteiger charge is -2.25. The Morgan fingerprint density at radius 2 is 1.95 bits per heavy atom. The third kappa shape index (κ3) is 4.24. The Hall–Kier alpha value is -2.02. The first-order valence-electron chi connectivity index (χ1n) is 6.88. The van der Waals surface area contributed by atoms with E-state index in [-0.39, 0.29) is 18.1 Å². The number of rotatable bonds is 4. The summed E-state index contributed by atoms with van der Waals surface area (Å²) in [6, 6.07) is 4.85. The molecular formula is C15H18N2O4S. The maximum Gasteiger partial charge on any atom is 0.327 e. The molecule has 22 heavy (non-hydrogen) atoms. The van der Waals surface area contributed by atoms with Gasteiger partial charge in [-0.3, -0.25) is 9.59 Å². The predicted octanol–water partition coefficient (Wildman–Crippen LogP) is 1.32. The molecule has 1 fully saturated rings. The van der Waals surface area contributed by atoms with Gasteiger partial charge in [0.2, 0.25) is 11.8 Å². The molecule has 7 heteroatoms. The topological polar surface area (TPSA) is 95.5 Å². The van der Waals surface area contributed by atoms with Crippen LogP contribution in [0.5, 0.6) is 0 Å². The number of amides is 2. The molecule has 118 valence electrons. The van der Waals surface area contributed by atoms with Crippen LogP contribution in [0.25, 0.3) is 0 Å². The first-order chi connectivity index (χ1) is 10.3. The second-order valence-electron chi connectivity index (χ2n) is 5.35. The Kier molecular flexibility index (Phi) is 5.07. The number of carboxylic acid groups (broad SMARTS) is 1. The summed E-state index contributed by atoms with van der Waals surface area (Å²) in [5.41, 5.74) is 2.79. The average Bonchev–Trinajstić information content (AvgIpc) is 2.39. The molecule has 0 spiro atoms. The first kappa shape index (κ1) is 16.4. The predicted molar refractivity (Wildman–Crippen MR) is 85.0 cm³/mol. The van der Waals surface area contributed by atoms with Crippen molar-refractivity contribution in [3.63, 3.8) is 0 Å². The number of hydrogen-bond donors (Lipinski definition) is 3. The largest absolute Gasteiger partial charge is 0.480 e. The molecule has 0 unspecified atom stereocenters. The van der Waals surface area contributed by atoms with Crippen LogP contribution in [0.15, 0.2) is 18.2 Å². The van der Waals surface area contributed by atoms with Crippen LogP contribution < -0.4 is 10.6 Å². The van der Waals surface area contributed by atoms with E-state index in [1.807, 2.05) is 32.0 Å². The Balaban J connectivity index is 1.92. The third-order valence-corrected chi connectivity index (χ3v) is 4.56. The molecule has 3 N–H and O–H groups in total. The maximum absolute atomic E-state index is 12.0. The molecule has 0 radical (unpaired) electrons. The van der Waals surface area contributed by atoms with Gasteiger partial charge in [-0.05, 0) is 37.1 Å². The Morgan fingerprint density at radius 1 is 1.32 bits per heavy atom. The Labute approximate surface area is 132 Å². The zero-order valence-electron chi connectivity index (χ0n) is 12.4. The van der Waals surface area contributed by atoms with Gasteiger partial charge in [-0.15, -0.1) is 11.8 Å². The highest BCUT2D eigenvalue weighted by atomic mass is 32.2. The number of carbonyl (C=O) groups excluding carboxylic acids is 2. The average molecular weight is 322 g/mol. The van der Waals surface area contributed by atoms with Gasteiger partial charge in [0.1, 0.15) is 6.04 Å². The smallest absolute Gasteiger partial charge is 0.327 e. The normalized spacial score (nSPS) is 21.1. The summed E-state index contributed by atoms with van der Waals surface area (Å²) in [7, 11) is 0. The van der Waals surface area contributed by atoms with Crippen LogP contribution in [0, 0.1) is 13.8 Å². The second kappa shape index (κ2) is 6.83. The standard InChI is InChI=1S/C15H18N2O4S/c1-8-3-9(2)5-10(4-8)16-13(18)6-12-14(19)17-11(7-22-12)15(20)21/h3-5,11-12H,6-7H2,1-2H3,(H,16,18)(H,17,19)(H,20,21)/t11-,12-/m0/s1. The van der Waals surface area contributed by atoms with Crippen LogP contribution >= 0.6 is 11.8 Å². The minimum absolute atomic E-state index is 0.0236. The monoisotopic (exact) mass is 322 g/mol. The molecule has 2 atom stereocenters. The lowest BCUT2D eigenvalue weighted by atomic mass is 10.1. The van der Waals surface area contributed by atoms with Crippen LogP contribution in [-0.4, -0.2) is 39.9 Å². The van der Waals surface area contributed by atoms with E-state index in [0.29, 0.717) is 5.69 Å². The number of nitrogens with one attached hydrogen (secondary N) is 2. The molecule has 1 heterocycles. The molecule has 0 saturated carbocycles. The van der Waals surface area contributed by atoms with Crippen molar-refractivity contribution < 1.29 is 19.5 Å². The number of aryl methyl sites for hydroxylation is 2. The summed E-state index contributed by atoms with van der Waals surface area (Å²) >= 11 is 1.20. The van der Waals surface area contributed by atoms with Gasteiger partial charge in [0.25, 0.3) is 0 Å². The highest BCUT2D eigenvalue weighted by Crippen LogP contribution is 2.22. The van der Waals surface area contributed by atoms with Crippen molar-refractivity contribution in [1.29, 1.82) is 0 Å². The van der Waals surface area contributed by atoms with E-state index < -0.39 is 23.2 Å². The van der Waals surface area contributed by atoms with Crippen molar-refractivity contribution in [1.82, 2.24) is 5.32 Å². The van der Waals surface area contributed by atoms with Gasteiger partial charge in [0.05, 0.1) is 5.25 Å². The van der Waals surface area contributed by atoms with E-state index >= 15 is 0 Å². The van der Waals surface area contributed by atoms with Crippen LogP contribution in [-0.2, 0) is 14.4 Å². The molecule has 0 aromatic heterocycles. The number of carbonyl (C=O) groups is 3. The maximum atomic E-state index is 12.0. The Morgan fingerprint density at radius 3 is 2.50 bits per heavy atom. The number of aliphatic carboxylic acids is 1. The molecule has 1 aromatic carbocycles. The molecule has 1 aliphatic rings. The molecule has 0 aliphatic carbocycles. The van der Waals surface area contributed by atoms with Crippen molar-refractivity contribution >= 4 is 35.2 Å². The molecule has 1 saturated heterocycles. The van der Waals surface area contributed by atoms with E-state index in [4.69, 9.17) is 5.11 Å². The highest BCUT2D eigenvalue weighted by Gasteiger charge is 2.33. The van der Waals surface area contributed by atoms with Gasteiger partial charge in [0, 0.05) is 17.9 Å². The SMILES string of the molecule is Cc1cc(C)cc(NC(=O)C[C@@H]2SC[C@@H](C(=O)O)NC2=O)c1. The van der Waals surface area contributed by atoms with Gasteiger partial charge < -0.3 is 15.7 Å². The molecule has 2 amide bonds. The fourth-order valence-electron chi connectivity index (χ4n) is 2.31. The molecule has 6 nitrogen and oxygen atoms in total. The molecule has 1 aliphatic heterocycles. The zero-order valence-corrected chi connectivity index (χ0v) is 13.2. The van der Waals surface area contributed by atoms with Crippen molar-refractivity contribution in [3.05, 3.63) is 29.3 Å². The second-order valence-corrected chi connectivity index (χ2v) is 6.59. The number of anilines is 1. The van der Waals surface area contributed by atoms with Gasteiger partial charge in [-0.25, -0.2) is 4.79 Å². The third-order valence-electron chi connectivity index (χ3n) is 3.25. The molecular weight excluding hydrogens is 304 g/mol. The summed E-state index contributed by atoms with van der Waals surface area (Å²) in [5, 5.41) is 13.5. The van der Waals surface area contributed by atoms with Crippen LogP contribution in [0.1, 0.15) is 17.5 Å². The van der Waals surface area contributed by atoms with Crippen molar-refractivity contribution in [2.75, 3.05) is 11.1 Å². The van der Waals surface area contributed by atoms with Crippen LogP contribution in [0.3, 0.4) is 0 Å². The van der Waals surface area contributed by atoms with E-state index in [1.165, 1.54) is 11.8 Å². The summed E-state index contributed by atoms with van der Waals surface area (Å²) < 4.78 is 0. The summed E-state index contributed by atoms with van der Waals surface area (Å²) in [5.74, 6) is -1.45. The molecule has 1 aromatic rings. The minimum Gasteiger partial charge on any atom is -0.480 e. The summed E-state index contributed by atoms with van der Waals surface area (Å²) in [6.45, 7) is 3.89. The van der Waals surface area contributed by atoms with Crippen LogP contribution in [0.4, 0.5) is 5.69 Å². The van der Waals surface area contributed by atoms with Crippen LogP contribution in [0.2, 0.25) is 0 Å². The summed E-state index contributed by atoms with van der Waals surface area (Å²) in [4.78, 5) is 34.7. The molecule has 0 bridgehead atoms. The van der Waals surface area contributed by atoms with E-state index in [2.05, 4.69) is 10.6 Å². The lowest BCUT2D eigenvalue weighted by molar-refractivity contribution is -0.141. The van der Waals surface area contributed by atoms with Gasteiger partial charge >= 0.3 is 5.97 Å². The van der Waals surface area contributed by atoms with Gasteiger partial charge in [-0.2, -0.15) is 0 Å². The molecule has 2 rings (SSSR count). The lowest BCUT2D eigenvalue weighted by Crippen LogP contribution is -2.51. The zero-order chi connectivity index (χ0) is 16.3. The number of hydrogen-bond acceptors (Lipinski definition) is 4. The Bertz CT molecular complexity index is 597. The highest BCUT2D eigenvalue weighted by molar-refractivity contribution is 8.00. The fraction of sp³-hybridized carbons (Fsp3) is 0.400. The number of carboxylic acids is 1. The summed E-state index contributed by atoms with van der Waals surface area (Å²) in [6.07, 6.45) is 0.0236. The van der Waals surface area contributed by atoms with Gasteiger partial charge in [0.15, 0.2) is 0 Å². The van der Waals surface area contributed by atoms with E-state index in [0.717, 1.165) is 11.1 Å². The number of thioether (sulfide) groups is 1. The van der Waals surface area contributed by atoms with Crippen molar-refractivity contribution in [2.24, 2.45) is 0 Å². The van der Waals surface area contributed by atoms with Crippen molar-refractivity contribution in [2.45, 2.75) is 31.6 Å². The van der Waals surface area contributed by atoms with E-state index in [1.54, 1.807) is 0 Å². The minimum atomic E-state index is -1.06. The fourth-order valence-corrected chi connectivity index (χ4v) is 3.45. The first-order valence-corrected chi connectivity index (χ1v) is 7.93. The van der Waals surface area contributed by atoms with Crippen molar-refractivity contribution in [3.8, 4) is 0 Å². The number of benzene rings is 1. The quantitative estimate of drug-likeness (QED) is 0.777.